The molecule has 3 aromatic carbocycles. The van der Waals surface area contributed by atoms with Gasteiger partial charge < -0.3 is 65.4 Å². The molecule has 3 aromatic rings. The van der Waals surface area contributed by atoms with Crippen LogP contribution in [-0.2, 0) is 25.5 Å². The highest BCUT2D eigenvalue weighted by Gasteiger charge is 2.48. The molecule has 0 radical (unpaired) electrons. The summed E-state index contributed by atoms with van der Waals surface area (Å²) in [5.74, 6) is -1.26. The number of para-hydroxylation sites is 1. The van der Waals surface area contributed by atoms with Crippen molar-refractivity contribution in [2.45, 2.75) is 74.6 Å². The molecule has 19 nitrogen and oxygen atoms in total. The zero-order valence-corrected chi connectivity index (χ0v) is 33.4. The maximum Gasteiger partial charge on any atom is 0.242 e. The smallest absolute Gasteiger partial charge is 0.242 e. The Morgan fingerprint density at radius 1 is 0.984 bits per heavy atom. The highest BCUT2D eigenvalue weighted by atomic mass is 16.7. The number of nitrogens with two attached hydrogens (primary N) is 2. The van der Waals surface area contributed by atoms with Gasteiger partial charge >= 0.3 is 0 Å². The number of nitrogens with one attached hydrogen (secondary N) is 4. The Hall–Kier alpha value is -5.74. The Labute approximate surface area is 355 Å². The van der Waals surface area contributed by atoms with Crippen molar-refractivity contribution < 1.29 is 58.6 Å². The molecule has 8 rings (SSSR count). The number of fused-ring (bicyclic) bond motifs is 3. The Kier molecular flexibility index (Phi) is 12.7. The molecule has 0 bridgehead atoms. The van der Waals surface area contributed by atoms with Crippen molar-refractivity contribution in [1.82, 2.24) is 21.3 Å². The standard InChI is InChI=1S/C43H49N7O12/c44-30-15-21(9-12-46-30)11-14-59-39-36(57)35(56)29(18-52)61-42(39)62-37-23(16-22-5-1-4-8-28(22)50-20-47-32-40(50)48-43(45)49-41(32)58)17-27-31(38(37)60-19-24(53)10-13-51)34(55)26-7-3-2-6-25(26)33(27)54/h1-9,13,15,17,24,29,32,35-36,39-40,42-43,46-48,52-53,56-57H,10-12,14,16,18-20,44-45H2,(H,49,58). The number of carbonyl (C=O) groups excluding carboxylic acids is 4. The van der Waals surface area contributed by atoms with Gasteiger partial charge in [0.1, 0.15) is 55.8 Å². The predicted molar refractivity (Wildman–Crippen MR) is 220 cm³/mol. The van der Waals surface area contributed by atoms with Crippen molar-refractivity contribution in [3.05, 3.63) is 112 Å². The average molecular weight is 856 g/mol. The summed E-state index contributed by atoms with van der Waals surface area (Å²) in [5.41, 5.74) is 14.6. The fraction of sp³-hybridized carbons (Fsp3) is 0.395. The number of hydrogen-bond donors (Lipinski definition) is 10. The average Bonchev–Trinajstić information content (AvgIpc) is 3.69. The highest BCUT2D eigenvalue weighted by molar-refractivity contribution is 6.29. The Morgan fingerprint density at radius 3 is 2.50 bits per heavy atom. The first-order valence-corrected chi connectivity index (χ1v) is 20.3. The molecular weight excluding hydrogens is 807 g/mol. The molecule has 3 saturated heterocycles. The molecule has 328 valence electrons. The van der Waals surface area contributed by atoms with Crippen LogP contribution in [0.3, 0.4) is 0 Å². The van der Waals surface area contributed by atoms with Crippen molar-refractivity contribution >= 4 is 29.4 Å². The molecule has 3 fully saturated rings. The van der Waals surface area contributed by atoms with Gasteiger partial charge in [-0.05, 0) is 35.8 Å². The van der Waals surface area contributed by atoms with Gasteiger partial charge in [0.2, 0.25) is 12.2 Å². The number of hydrogen-bond acceptors (Lipinski definition) is 18. The number of carbonyl (C=O) groups is 4. The molecule has 19 heteroatoms. The molecular formula is C43H49N7O12. The maximum absolute atomic E-state index is 14.5. The van der Waals surface area contributed by atoms with Crippen LogP contribution in [0.4, 0.5) is 5.69 Å². The number of anilines is 1. The first-order chi connectivity index (χ1) is 30.0. The number of dihydropyridines is 1. The monoisotopic (exact) mass is 855 g/mol. The van der Waals surface area contributed by atoms with Gasteiger partial charge in [-0.25, -0.2) is 0 Å². The van der Waals surface area contributed by atoms with Crippen LogP contribution >= 0.6 is 0 Å². The minimum atomic E-state index is -1.65. The fourth-order valence-corrected chi connectivity index (χ4v) is 8.41. The van der Waals surface area contributed by atoms with E-state index in [1.165, 1.54) is 12.1 Å². The van der Waals surface area contributed by atoms with Crippen LogP contribution in [0.25, 0.3) is 0 Å². The summed E-state index contributed by atoms with van der Waals surface area (Å²) >= 11 is 0. The lowest BCUT2D eigenvalue weighted by Crippen LogP contribution is -2.70. The van der Waals surface area contributed by atoms with Gasteiger partial charge in [0, 0.05) is 47.3 Å². The van der Waals surface area contributed by atoms with E-state index in [4.69, 9.17) is 30.4 Å². The minimum absolute atomic E-state index is 0.00406. The van der Waals surface area contributed by atoms with Crippen LogP contribution in [0, 0.1) is 0 Å². The number of benzene rings is 3. The molecule has 0 spiro atoms. The summed E-state index contributed by atoms with van der Waals surface area (Å²) in [6, 6.07) is 14.5. The van der Waals surface area contributed by atoms with Gasteiger partial charge in [0.05, 0.1) is 37.4 Å². The lowest BCUT2D eigenvalue weighted by atomic mass is 9.81. The number of nitrogens with zero attached hydrogens (tertiary/aromatic N) is 1. The second-order valence-corrected chi connectivity index (χ2v) is 15.6. The van der Waals surface area contributed by atoms with Crippen molar-refractivity contribution in [3.8, 4) is 11.5 Å². The normalized spacial score (nSPS) is 27.2. The molecule has 9 unspecified atom stereocenters. The summed E-state index contributed by atoms with van der Waals surface area (Å²) in [6.45, 7) is -0.452. The number of ketones is 2. The largest absolute Gasteiger partial charge is 0.486 e. The number of rotatable bonds is 15. The molecule has 4 aliphatic heterocycles. The Morgan fingerprint density at radius 2 is 1.74 bits per heavy atom. The van der Waals surface area contributed by atoms with Crippen LogP contribution in [0.1, 0.15) is 55.8 Å². The van der Waals surface area contributed by atoms with E-state index in [-0.39, 0.29) is 71.3 Å². The molecule has 62 heavy (non-hydrogen) atoms. The zero-order valence-electron chi connectivity index (χ0n) is 33.4. The van der Waals surface area contributed by atoms with Gasteiger partial charge in [0.15, 0.2) is 23.1 Å². The zero-order chi connectivity index (χ0) is 43.7. The summed E-state index contributed by atoms with van der Waals surface area (Å²) in [5, 5.41) is 55.6. The SMILES string of the molecule is NC1=CC(CCOC2C(Oc3c(Cc4ccccc4N4CNC5C(=O)NC(N)NC54)cc4c(c3OCC(O)CC=O)C(=O)c3ccccc3C4=O)OC(CO)C(O)C2O)=CCN1. The van der Waals surface area contributed by atoms with Crippen LogP contribution in [-0.4, -0.2) is 133 Å². The molecule has 5 aliphatic rings. The number of ether oxygens (including phenoxy) is 4. The minimum Gasteiger partial charge on any atom is -0.486 e. The second-order valence-electron chi connectivity index (χ2n) is 15.6. The van der Waals surface area contributed by atoms with Crippen molar-refractivity contribution in [2.24, 2.45) is 11.5 Å². The summed E-state index contributed by atoms with van der Waals surface area (Å²) in [7, 11) is 0. The molecule has 12 N–H and O–H groups in total. The van der Waals surface area contributed by atoms with Gasteiger partial charge in [-0.3, -0.25) is 30.8 Å². The molecule has 0 saturated carbocycles. The van der Waals surface area contributed by atoms with Crippen LogP contribution in [0.2, 0.25) is 0 Å². The number of allylic oxidation sites excluding steroid dienone is 1. The van der Waals surface area contributed by atoms with Gasteiger partial charge in [-0.2, -0.15) is 0 Å². The molecule has 9 atom stereocenters. The molecule has 1 aliphatic carbocycles. The molecule has 1 amide bonds. The number of aliphatic hydroxyl groups excluding tert-OH is 4. The van der Waals surface area contributed by atoms with Crippen LogP contribution in [0.5, 0.6) is 11.5 Å². The lowest BCUT2D eigenvalue weighted by Gasteiger charge is -2.42. The summed E-state index contributed by atoms with van der Waals surface area (Å²) < 4.78 is 25.2. The van der Waals surface area contributed by atoms with E-state index in [0.717, 1.165) is 5.57 Å². The first-order valence-electron chi connectivity index (χ1n) is 20.3. The van der Waals surface area contributed by atoms with Crippen molar-refractivity contribution in [1.29, 1.82) is 0 Å². The van der Waals surface area contributed by atoms with E-state index < -0.39 is 80.1 Å². The summed E-state index contributed by atoms with van der Waals surface area (Å²) in [4.78, 5) is 55.1. The third-order valence-corrected chi connectivity index (χ3v) is 11.5. The first kappa shape index (κ1) is 42.9. The summed E-state index contributed by atoms with van der Waals surface area (Å²) in [6.07, 6.45) is -6.00. The van der Waals surface area contributed by atoms with Gasteiger partial charge in [0.25, 0.3) is 0 Å². The molecule has 0 aromatic heterocycles. The quantitative estimate of drug-likeness (QED) is 0.0598. The van der Waals surface area contributed by atoms with Crippen LogP contribution < -0.4 is 47.1 Å². The van der Waals surface area contributed by atoms with Crippen LogP contribution in [0.15, 0.2) is 78.1 Å². The van der Waals surface area contributed by atoms with Gasteiger partial charge in [-0.15, -0.1) is 0 Å². The number of aliphatic hydroxyl groups is 4. The van der Waals surface area contributed by atoms with Crippen molar-refractivity contribution in [2.75, 3.05) is 37.9 Å². The van der Waals surface area contributed by atoms with E-state index in [2.05, 4.69) is 21.3 Å². The van der Waals surface area contributed by atoms with Gasteiger partial charge in [-0.1, -0.05) is 48.5 Å². The second kappa shape index (κ2) is 18.3. The third kappa shape index (κ3) is 8.41. The Bertz CT molecular complexity index is 2290. The topological polar surface area (TPSA) is 290 Å². The predicted octanol–water partition coefficient (Wildman–Crippen LogP) is -1.67. The Balaban J connectivity index is 1.25. The lowest BCUT2D eigenvalue weighted by molar-refractivity contribution is -0.287. The van der Waals surface area contributed by atoms with E-state index in [0.29, 0.717) is 36.3 Å². The maximum atomic E-state index is 14.5. The molecule has 4 heterocycles. The van der Waals surface area contributed by atoms with E-state index in [1.807, 2.05) is 35.2 Å². The number of amides is 1. The van der Waals surface area contributed by atoms with E-state index in [1.54, 1.807) is 24.3 Å². The van der Waals surface area contributed by atoms with Crippen molar-refractivity contribution in [3.63, 3.8) is 0 Å². The third-order valence-electron chi connectivity index (χ3n) is 11.5. The van der Waals surface area contributed by atoms with E-state index in [9.17, 15) is 39.6 Å². The highest BCUT2D eigenvalue weighted by Crippen LogP contribution is 2.45. The fourth-order valence-electron chi connectivity index (χ4n) is 8.41. The number of aldehydes is 1. The van der Waals surface area contributed by atoms with E-state index >= 15 is 0 Å².